The van der Waals surface area contributed by atoms with E-state index in [-0.39, 0.29) is 11.6 Å². The number of nitrogens with zero attached hydrogens (tertiary/aromatic N) is 4. The van der Waals surface area contributed by atoms with Crippen LogP contribution in [0.15, 0.2) is 24.3 Å². The van der Waals surface area contributed by atoms with Gasteiger partial charge in [-0.2, -0.15) is 9.97 Å². The van der Waals surface area contributed by atoms with Gasteiger partial charge in [0.15, 0.2) is 11.6 Å². The second-order valence-corrected chi connectivity index (χ2v) is 8.72. The molecule has 140 valence electrons. The first kappa shape index (κ1) is 19.5. The normalized spacial score (nSPS) is 16.7. The molecule has 5 nitrogen and oxygen atoms in total. The molecule has 0 saturated carbocycles. The van der Waals surface area contributed by atoms with Crippen molar-refractivity contribution in [2.45, 2.75) is 16.6 Å². The summed E-state index contributed by atoms with van der Waals surface area (Å²) in [6.07, 6.45) is 2.22. The summed E-state index contributed by atoms with van der Waals surface area (Å²) in [5.41, 5.74) is 0.617. The molecule has 0 bridgehead atoms. The van der Waals surface area contributed by atoms with E-state index in [1.165, 1.54) is 12.1 Å². The Bertz CT molecular complexity index is 743. The molecule has 1 saturated heterocycles. The zero-order chi connectivity index (χ0) is 18.7. The molecular weight excluding hydrogens is 400 g/mol. The van der Waals surface area contributed by atoms with Crippen LogP contribution in [0.1, 0.15) is 18.7 Å². The van der Waals surface area contributed by atoms with Gasteiger partial charge >= 0.3 is 0 Å². The Morgan fingerprint density at radius 1 is 1.12 bits per heavy atom. The molecule has 1 aliphatic rings. The van der Waals surface area contributed by atoms with Crippen molar-refractivity contribution in [2.75, 3.05) is 32.0 Å². The molecular formula is C17H19Cl3FN5. The number of likely N-dealkylation sites (tertiary alicyclic amines) is 1. The first-order chi connectivity index (χ1) is 12.3. The van der Waals surface area contributed by atoms with Gasteiger partial charge in [-0.3, -0.25) is 0 Å². The summed E-state index contributed by atoms with van der Waals surface area (Å²) in [5.74, 6) is 0.896. The highest BCUT2D eigenvalue weighted by Crippen LogP contribution is 2.36. The summed E-state index contributed by atoms with van der Waals surface area (Å²) in [7, 11) is 2.12. The fraction of sp³-hybridized carbons (Fsp3) is 0.471. The molecule has 1 N–H and O–H groups in total. The first-order valence-corrected chi connectivity index (χ1v) is 9.46. The monoisotopic (exact) mass is 417 g/mol. The van der Waals surface area contributed by atoms with Crippen molar-refractivity contribution in [3.8, 4) is 11.4 Å². The second kappa shape index (κ2) is 8.21. The van der Waals surface area contributed by atoms with E-state index < -0.39 is 3.79 Å². The predicted molar refractivity (Wildman–Crippen MR) is 103 cm³/mol. The molecule has 1 aromatic heterocycles. The summed E-state index contributed by atoms with van der Waals surface area (Å²) < 4.78 is 11.4. The lowest BCUT2D eigenvalue weighted by Crippen LogP contribution is -2.33. The molecule has 9 heteroatoms. The summed E-state index contributed by atoms with van der Waals surface area (Å²) in [4.78, 5) is 15.2. The average Bonchev–Trinajstić information content (AvgIpc) is 2.61. The number of nitrogens with one attached hydrogen (secondary N) is 1. The van der Waals surface area contributed by atoms with E-state index in [0.29, 0.717) is 23.3 Å². The molecule has 1 aromatic carbocycles. The summed E-state index contributed by atoms with van der Waals surface area (Å²) in [6, 6.07) is 5.82. The van der Waals surface area contributed by atoms with E-state index in [4.69, 9.17) is 34.8 Å². The number of benzene rings is 1. The standard InChI is InChI=1S/C17H19Cl3FN5/c1-26-8-6-11(7-9-26)10-22-16-24-14(12-2-4-13(21)5-3-12)23-15(25-16)17(18,19)20/h2-5,11H,6-10H2,1H3,(H,22,23,24,25). The van der Waals surface area contributed by atoms with E-state index >= 15 is 0 Å². The Labute approximate surface area is 166 Å². The highest BCUT2D eigenvalue weighted by molar-refractivity contribution is 6.66. The van der Waals surface area contributed by atoms with Crippen LogP contribution in [0.2, 0.25) is 0 Å². The van der Waals surface area contributed by atoms with Crippen LogP contribution in [0.3, 0.4) is 0 Å². The van der Waals surface area contributed by atoms with Gasteiger partial charge in [-0.15, -0.1) is 0 Å². The second-order valence-electron chi connectivity index (χ2n) is 6.44. The number of piperidine rings is 1. The predicted octanol–water partition coefficient (Wildman–Crippen LogP) is 4.26. The SMILES string of the molecule is CN1CCC(CNc2nc(-c3ccc(F)cc3)nc(C(Cl)(Cl)Cl)n2)CC1. The molecule has 3 rings (SSSR count). The number of hydrogen-bond donors (Lipinski definition) is 1. The number of hydrogen-bond acceptors (Lipinski definition) is 5. The van der Waals surface area contributed by atoms with Gasteiger partial charge in [-0.05, 0) is 63.2 Å². The zero-order valence-corrected chi connectivity index (χ0v) is 16.5. The molecule has 0 unspecified atom stereocenters. The maximum absolute atomic E-state index is 13.2. The molecule has 2 aromatic rings. The highest BCUT2D eigenvalue weighted by atomic mass is 35.6. The third kappa shape index (κ3) is 5.16. The lowest BCUT2D eigenvalue weighted by Gasteiger charge is -2.29. The minimum Gasteiger partial charge on any atom is -0.354 e. The van der Waals surface area contributed by atoms with E-state index in [2.05, 4.69) is 32.2 Å². The van der Waals surface area contributed by atoms with Crippen molar-refractivity contribution in [3.05, 3.63) is 35.9 Å². The van der Waals surface area contributed by atoms with Gasteiger partial charge in [0.25, 0.3) is 0 Å². The van der Waals surface area contributed by atoms with Crippen LogP contribution in [0.5, 0.6) is 0 Å². The Balaban J connectivity index is 1.82. The van der Waals surface area contributed by atoms with Crippen LogP contribution in [-0.2, 0) is 3.79 Å². The Morgan fingerprint density at radius 3 is 2.38 bits per heavy atom. The van der Waals surface area contributed by atoms with Crippen LogP contribution < -0.4 is 5.32 Å². The van der Waals surface area contributed by atoms with E-state index in [9.17, 15) is 4.39 Å². The number of alkyl halides is 3. The minimum atomic E-state index is -1.78. The summed E-state index contributed by atoms with van der Waals surface area (Å²) in [6.45, 7) is 2.88. The van der Waals surface area contributed by atoms with E-state index in [0.717, 1.165) is 32.5 Å². The molecule has 26 heavy (non-hydrogen) atoms. The van der Waals surface area contributed by atoms with Crippen LogP contribution in [0, 0.1) is 11.7 Å². The van der Waals surface area contributed by atoms with Gasteiger partial charge < -0.3 is 10.2 Å². The number of halogens is 4. The van der Waals surface area contributed by atoms with E-state index in [1.807, 2.05) is 0 Å². The van der Waals surface area contributed by atoms with Crippen molar-refractivity contribution < 1.29 is 4.39 Å². The van der Waals surface area contributed by atoms with Gasteiger partial charge in [-0.25, -0.2) is 9.37 Å². The third-order valence-electron chi connectivity index (χ3n) is 4.38. The molecule has 0 aliphatic carbocycles. The minimum absolute atomic E-state index is 0.0303. The smallest absolute Gasteiger partial charge is 0.250 e. The topological polar surface area (TPSA) is 53.9 Å². The van der Waals surface area contributed by atoms with Gasteiger partial charge in [0, 0.05) is 12.1 Å². The fourth-order valence-electron chi connectivity index (χ4n) is 2.81. The molecule has 0 amide bonds. The number of anilines is 1. The van der Waals surface area contributed by atoms with Crippen molar-refractivity contribution >= 4 is 40.8 Å². The molecule has 0 radical (unpaired) electrons. The summed E-state index contributed by atoms with van der Waals surface area (Å²) in [5, 5.41) is 3.23. The molecule has 2 heterocycles. The third-order valence-corrected chi connectivity index (χ3v) is 4.89. The van der Waals surface area contributed by atoms with Crippen LogP contribution in [-0.4, -0.2) is 46.5 Å². The first-order valence-electron chi connectivity index (χ1n) is 8.33. The van der Waals surface area contributed by atoms with E-state index in [1.54, 1.807) is 12.1 Å². The Kier molecular flexibility index (Phi) is 6.17. The largest absolute Gasteiger partial charge is 0.354 e. The van der Waals surface area contributed by atoms with Gasteiger partial charge in [0.05, 0.1) is 0 Å². The Hall–Kier alpha value is -1.21. The summed E-state index contributed by atoms with van der Waals surface area (Å²) >= 11 is 17.9. The van der Waals surface area contributed by atoms with Crippen molar-refractivity contribution in [1.82, 2.24) is 19.9 Å². The van der Waals surface area contributed by atoms with Gasteiger partial charge in [0.2, 0.25) is 9.74 Å². The molecule has 0 atom stereocenters. The molecule has 1 aliphatic heterocycles. The van der Waals surface area contributed by atoms with Crippen LogP contribution in [0.25, 0.3) is 11.4 Å². The molecule has 1 fully saturated rings. The van der Waals surface area contributed by atoms with Crippen molar-refractivity contribution in [1.29, 1.82) is 0 Å². The maximum atomic E-state index is 13.2. The maximum Gasteiger partial charge on any atom is 0.250 e. The van der Waals surface area contributed by atoms with Gasteiger partial charge in [0.1, 0.15) is 5.82 Å². The van der Waals surface area contributed by atoms with Crippen molar-refractivity contribution in [3.63, 3.8) is 0 Å². The van der Waals surface area contributed by atoms with Crippen LogP contribution >= 0.6 is 34.8 Å². The van der Waals surface area contributed by atoms with Crippen molar-refractivity contribution in [2.24, 2.45) is 5.92 Å². The van der Waals surface area contributed by atoms with Gasteiger partial charge in [-0.1, -0.05) is 34.8 Å². The number of aromatic nitrogens is 3. The lowest BCUT2D eigenvalue weighted by molar-refractivity contribution is 0.226. The zero-order valence-electron chi connectivity index (χ0n) is 14.2. The Morgan fingerprint density at radius 2 is 1.77 bits per heavy atom. The number of rotatable bonds is 4. The quantitative estimate of drug-likeness (QED) is 0.752. The highest BCUT2D eigenvalue weighted by Gasteiger charge is 2.28. The molecule has 0 spiro atoms. The lowest BCUT2D eigenvalue weighted by atomic mass is 9.97. The fourth-order valence-corrected chi connectivity index (χ4v) is 3.07. The average molecular weight is 419 g/mol. The van der Waals surface area contributed by atoms with Crippen LogP contribution in [0.4, 0.5) is 10.3 Å².